The summed E-state index contributed by atoms with van der Waals surface area (Å²) in [5, 5.41) is 0. The van der Waals surface area contributed by atoms with Crippen molar-refractivity contribution in [2.45, 2.75) is 44.1 Å². The Labute approximate surface area is 162 Å². The number of fused-ring (bicyclic) bond motifs is 5. The van der Waals surface area contributed by atoms with Gasteiger partial charge in [-0.3, -0.25) is 4.79 Å². The van der Waals surface area contributed by atoms with Gasteiger partial charge in [0.1, 0.15) is 11.9 Å². The number of Topliss-reactive ketones (excluding diaryl/α,β-unsaturated/α-hetero) is 1. The smallest absolute Gasteiger partial charge is 0.170 e. The van der Waals surface area contributed by atoms with Crippen molar-refractivity contribution >= 4 is 21.7 Å². The molecule has 26 heavy (non-hydrogen) atoms. The van der Waals surface area contributed by atoms with Crippen molar-refractivity contribution in [1.82, 2.24) is 0 Å². The Balaban J connectivity index is 1.66. The van der Waals surface area contributed by atoms with E-state index in [2.05, 4.69) is 28.1 Å². The van der Waals surface area contributed by atoms with Gasteiger partial charge in [-0.1, -0.05) is 51.8 Å². The second-order valence-corrected chi connectivity index (χ2v) is 8.51. The van der Waals surface area contributed by atoms with E-state index in [9.17, 15) is 4.79 Å². The molecule has 1 heterocycles. The van der Waals surface area contributed by atoms with Crippen molar-refractivity contribution in [2.75, 3.05) is 0 Å². The largest absolute Gasteiger partial charge is 0.486 e. The SMILES string of the molecule is O=C(c1ccccc1)C1C2=C(CCCC2)C2CC1c1cc(Br)ccc1O2. The Kier molecular flexibility index (Phi) is 4.00. The molecule has 2 bridgehead atoms. The Hall–Kier alpha value is -1.87. The van der Waals surface area contributed by atoms with E-state index >= 15 is 0 Å². The van der Waals surface area contributed by atoms with Crippen molar-refractivity contribution in [2.24, 2.45) is 5.92 Å². The highest BCUT2D eigenvalue weighted by molar-refractivity contribution is 9.10. The standard InChI is InChI=1S/C23H21BrO2/c24-15-10-11-20-18(12-15)19-13-21(26-20)16-8-4-5-9-17(16)22(19)23(25)14-6-2-1-3-7-14/h1-3,6-7,10-12,19,21-22H,4-5,8-9,13H2. The number of hydrogen-bond donors (Lipinski definition) is 0. The third kappa shape index (κ3) is 2.56. The number of ether oxygens (including phenoxy) is 1. The minimum atomic E-state index is -0.0408. The lowest BCUT2D eigenvalue weighted by atomic mass is 9.64. The molecule has 3 heteroatoms. The summed E-state index contributed by atoms with van der Waals surface area (Å²) in [6.45, 7) is 0. The summed E-state index contributed by atoms with van der Waals surface area (Å²) >= 11 is 3.60. The number of benzene rings is 2. The zero-order valence-electron chi connectivity index (χ0n) is 14.6. The number of carbonyl (C=O) groups is 1. The van der Waals surface area contributed by atoms with E-state index in [1.165, 1.54) is 29.6 Å². The van der Waals surface area contributed by atoms with Crippen LogP contribution in [0.1, 0.15) is 53.9 Å². The van der Waals surface area contributed by atoms with E-state index in [-0.39, 0.29) is 23.7 Å². The zero-order chi connectivity index (χ0) is 17.7. The average molecular weight is 409 g/mol. The van der Waals surface area contributed by atoms with Crippen LogP contribution in [0, 0.1) is 5.92 Å². The van der Waals surface area contributed by atoms with Gasteiger partial charge < -0.3 is 4.74 Å². The van der Waals surface area contributed by atoms with Gasteiger partial charge in [0.2, 0.25) is 0 Å². The minimum absolute atomic E-state index is 0.0408. The molecule has 0 radical (unpaired) electrons. The van der Waals surface area contributed by atoms with Crippen molar-refractivity contribution in [3.63, 3.8) is 0 Å². The molecule has 0 saturated carbocycles. The molecule has 0 spiro atoms. The van der Waals surface area contributed by atoms with E-state index in [4.69, 9.17) is 4.74 Å². The van der Waals surface area contributed by atoms with Gasteiger partial charge >= 0.3 is 0 Å². The number of hydrogen-bond acceptors (Lipinski definition) is 2. The molecule has 3 unspecified atom stereocenters. The summed E-state index contributed by atoms with van der Waals surface area (Å²) in [7, 11) is 0. The Morgan fingerprint density at radius 2 is 1.77 bits per heavy atom. The van der Waals surface area contributed by atoms with Crippen LogP contribution in [0.25, 0.3) is 0 Å². The molecule has 5 rings (SSSR count). The number of rotatable bonds is 2. The fraction of sp³-hybridized carbons (Fsp3) is 0.348. The molecule has 2 aromatic carbocycles. The molecule has 0 amide bonds. The normalized spacial score (nSPS) is 26.6. The molecule has 3 aliphatic rings. The van der Waals surface area contributed by atoms with E-state index in [0.29, 0.717) is 0 Å². The lowest BCUT2D eigenvalue weighted by Gasteiger charge is -2.45. The molecule has 0 fully saturated rings. The summed E-state index contributed by atoms with van der Waals surface area (Å²) in [5.74, 6) is 1.40. The third-order valence-corrected chi connectivity index (χ3v) is 6.66. The van der Waals surface area contributed by atoms with Crippen LogP contribution in [-0.2, 0) is 0 Å². The Bertz CT molecular complexity index is 900. The maximum atomic E-state index is 13.6. The summed E-state index contributed by atoms with van der Waals surface area (Å²) in [6.07, 6.45) is 5.59. The van der Waals surface area contributed by atoms with Crippen molar-refractivity contribution in [1.29, 1.82) is 0 Å². The molecular weight excluding hydrogens is 388 g/mol. The van der Waals surface area contributed by atoms with Crippen LogP contribution in [0.15, 0.2) is 64.1 Å². The van der Waals surface area contributed by atoms with E-state index < -0.39 is 0 Å². The highest BCUT2D eigenvalue weighted by atomic mass is 79.9. The van der Waals surface area contributed by atoms with Gasteiger partial charge in [-0.2, -0.15) is 0 Å². The van der Waals surface area contributed by atoms with Crippen LogP contribution in [0.2, 0.25) is 0 Å². The van der Waals surface area contributed by atoms with E-state index in [0.717, 1.165) is 35.0 Å². The van der Waals surface area contributed by atoms with E-state index in [1.807, 2.05) is 36.4 Å². The van der Waals surface area contributed by atoms with E-state index in [1.54, 1.807) is 0 Å². The first-order chi connectivity index (χ1) is 12.7. The summed E-state index contributed by atoms with van der Waals surface area (Å²) in [4.78, 5) is 13.6. The Morgan fingerprint density at radius 1 is 1.00 bits per heavy atom. The van der Waals surface area contributed by atoms with Crippen molar-refractivity contribution in [3.8, 4) is 5.75 Å². The van der Waals surface area contributed by atoms with Crippen LogP contribution < -0.4 is 4.74 Å². The molecule has 3 atom stereocenters. The number of carbonyl (C=O) groups excluding carboxylic acids is 1. The number of allylic oxidation sites excluding steroid dienone is 1. The van der Waals surface area contributed by atoms with Gasteiger partial charge in [-0.25, -0.2) is 0 Å². The van der Waals surface area contributed by atoms with Crippen LogP contribution in [-0.4, -0.2) is 11.9 Å². The highest BCUT2D eigenvalue weighted by Crippen LogP contribution is 2.53. The molecular formula is C23H21BrO2. The molecule has 1 aliphatic heterocycles. The molecule has 0 N–H and O–H groups in total. The first kappa shape index (κ1) is 16.3. The third-order valence-electron chi connectivity index (χ3n) is 6.17. The summed E-state index contributed by atoms with van der Waals surface area (Å²) < 4.78 is 7.42. The van der Waals surface area contributed by atoms with Crippen LogP contribution in [0.4, 0.5) is 0 Å². The lowest BCUT2D eigenvalue weighted by molar-refractivity contribution is 0.0853. The minimum Gasteiger partial charge on any atom is -0.486 e. The van der Waals surface area contributed by atoms with Gasteiger partial charge in [0.05, 0.1) is 5.92 Å². The fourth-order valence-corrected chi connectivity index (χ4v) is 5.42. The second kappa shape index (κ2) is 6.38. The predicted octanol–water partition coefficient (Wildman–Crippen LogP) is 6.07. The van der Waals surface area contributed by atoms with Crippen LogP contribution >= 0.6 is 15.9 Å². The predicted molar refractivity (Wildman–Crippen MR) is 106 cm³/mol. The molecule has 2 nitrogen and oxygen atoms in total. The maximum Gasteiger partial charge on any atom is 0.170 e. The zero-order valence-corrected chi connectivity index (χ0v) is 16.2. The number of halogens is 1. The Morgan fingerprint density at radius 3 is 2.58 bits per heavy atom. The van der Waals surface area contributed by atoms with Crippen molar-refractivity contribution in [3.05, 3.63) is 75.3 Å². The number of ketones is 1. The van der Waals surface area contributed by atoms with Crippen LogP contribution in [0.5, 0.6) is 5.75 Å². The van der Waals surface area contributed by atoms with Gasteiger partial charge in [0.25, 0.3) is 0 Å². The van der Waals surface area contributed by atoms with Gasteiger partial charge in [-0.15, -0.1) is 0 Å². The van der Waals surface area contributed by atoms with Crippen LogP contribution in [0.3, 0.4) is 0 Å². The first-order valence-electron chi connectivity index (χ1n) is 9.49. The monoisotopic (exact) mass is 408 g/mol. The quantitative estimate of drug-likeness (QED) is 0.445. The fourth-order valence-electron chi connectivity index (χ4n) is 5.05. The second-order valence-electron chi connectivity index (χ2n) is 7.60. The average Bonchev–Trinajstić information content (AvgIpc) is 2.69. The van der Waals surface area contributed by atoms with Crippen molar-refractivity contribution < 1.29 is 9.53 Å². The maximum absolute atomic E-state index is 13.6. The molecule has 2 aromatic rings. The van der Waals surface area contributed by atoms with Gasteiger partial charge in [0, 0.05) is 16.0 Å². The summed E-state index contributed by atoms with van der Waals surface area (Å²) in [6, 6.07) is 16.0. The molecule has 132 valence electrons. The molecule has 0 aromatic heterocycles. The highest BCUT2D eigenvalue weighted by Gasteiger charge is 2.46. The molecule has 0 saturated heterocycles. The summed E-state index contributed by atoms with van der Waals surface area (Å²) in [5.41, 5.74) is 4.80. The van der Waals surface area contributed by atoms with Gasteiger partial charge in [0.15, 0.2) is 5.78 Å². The van der Waals surface area contributed by atoms with Gasteiger partial charge in [-0.05, 0) is 61.4 Å². The topological polar surface area (TPSA) is 26.3 Å². The molecule has 2 aliphatic carbocycles. The lowest BCUT2D eigenvalue weighted by Crippen LogP contribution is -2.41. The first-order valence-corrected chi connectivity index (χ1v) is 10.3.